The summed E-state index contributed by atoms with van der Waals surface area (Å²) < 4.78 is 0. The fourth-order valence-corrected chi connectivity index (χ4v) is 1.98. The van der Waals surface area contributed by atoms with Gasteiger partial charge in [-0.25, -0.2) is 0 Å². The van der Waals surface area contributed by atoms with E-state index >= 15 is 0 Å². The Hall–Kier alpha value is -1.57. The molecule has 0 fully saturated rings. The van der Waals surface area contributed by atoms with Gasteiger partial charge in [0.2, 0.25) is 5.91 Å². The first-order chi connectivity index (χ1) is 6.61. The summed E-state index contributed by atoms with van der Waals surface area (Å²) >= 11 is 0. The molecule has 1 aromatic carbocycles. The van der Waals surface area contributed by atoms with Crippen LogP contribution in [0.5, 0.6) is 0 Å². The average molecular weight is 187 g/mol. The van der Waals surface area contributed by atoms with E-state index in [0.29, 0.717) is 0 Å². The van der Waals surface area contributed by atoms with Gasteiger partial charge in [-0.2, -0.15) is 0 Å². The third-order valence-electron chi connectivity index (χ3n) is 2.98. The second-order valence-corrected chi connectivity index (χ2v) is 3.79. The van der Waals surface area contributed by atoms with Crippen molar-refractivity contribution in [3.8, 4) is 0 Å². The number of hydrogen-bond donors (Lipinski definition) is 0. The van der Waals surface area contributed by atoms with Crippen LogP contribution in [0.2, 0.25) is 0 Å². The van der Waals surface area contributed by atoms with Crippen molar-refractivity contribution >= 4 is 11.6 Å². The smallest absolute Gasteiger partial charge is 0.241 e. The molecule has 0 unspecified atom stereocenters. The van der Waals surface area contributed by atoms with E-state index in [1.165, 1.54) is 0 Å². The average Bonchev–Trinajstić information content (AvgIpc) is 2.43. The minimum Gasteiger partial charge on any atom is -0.314 e. The van der Waals surface area contributed by atoms with Gasteiger partial charge >= 0.3 is 0 Å². The Labute approximate surface area is 83.8 Å². The molecule has 2 heteroatoms. The van der Waals surface area contributed by atoms with Crippen molar-refractivity contribution in [3.05, 3.63) is 42.5 Å². The van der Waals surface area contributed by atoms with E-state index in [1.54, 1.807) is 18.0 Å². The molecule has 0 spiro atoms. The summed E-state index contributed by atoms with van der Waals surface area (Å²) in [5.74, 6) is 0.0914. The second-order valence-electron chi connectivity index (χ2n) is 3.79. The Morgan fingerprint density at radius 3 is 2.71 bits per heavy atom. The summed E-state index contributed by atoms with van der Waals surface area (Å²) in [5.41, 5.74) is 1.48. The van der Waals surface area contributed by atoms with Gasteiger partial charge in [-0.1, -0.05) is 24.3 Å². The maximum atomic E-state index is 12.0. The zero-order valence-electron chi connectivity index (χ0n) is 8.45. The minimum absolute atomic E-state index is 0.0914. The molecule has 0 N–H and O–H groups in total. The van der Waals surface area contributed by atoms with Crippen molar-refractivity contribution in [2.24, 2.45) is 0 Å². The molecule has 1 atom stereocenters. The van der Waals surface area contributed by atoms with Gasteiger partial charge in [0, 0.05) is 12.7 Å². The molecule has 0 aromatic heterocycles. The Balaban J connectivity index is 2.70. The van der Waals surface area contributed by atoms with E-state index in [2.05, 4.69) is 6.58 Å². The summed E-state index contributed by atoms with van der Waals surface area (Å²) in [6.07, 6.45) is 1.72. The number of anilines is 1. The highest BCUT2D eigenvalue weighted by molar-refractivity contribution is 6.08. The highest BCUT2D eigenvalue weighted by atomic mass is 16.2. The predicted octanol–water partition coefficient (Wildman–Crippen LogP) is 2.11. The third kappa shape index (κ3) is 0.882. The zero-order chi connectivity index (χ0) is 10.3. The summed E-state index contributed by atoms with van der Waals surface area (Å²) in [7, 11) is 1.80. The van der Waals surface area contributed by atoms with Gasteiger partial charge in [-0.15, -0.1) is 6.58 Å². The molecule has 1 amide bonds. The quantitative estimate of drug-likeness (QED) is 0.616. The maximum absolute atomic E-state index is 12.0. The van der Waals surface area contributed by atoms with Crippen molar-refractivity contribution in [1.82, 2.24) is 0 Å². The van der Waals surface area contributed by atoms with E-state index in [0.717, 1.165) is 11.3 Å². The molecule has 0 radical (unpaired) electrons. The number of carbonyl (C=O) groups is 1. The first-order valence-corrected chi connectivity index (χ1v) is 4.62. The number of carbonyl (C=O) groups excluding carboxylic acids is 1. The van der Waals surface area contributed by atoms with Gasteiger partial charge in [-0.3, -0.25) is 4.79 Å². The molecule has 0 aliphatic carbocycles. The van der Waals surface area contributed by atoms with Crippen LogP contribution in [-0.2, 0) is 10.2 Å². The Bertz CT molecular complexity index is 411. The molecule has 1 heterocycles. The van der Waals surface area contributed by atoms with Gasteiger partial charge in [-0.05, 0) is 18.6 Å². The van der Waals surface area contributed by atoms with Gasteiger partial charge in [0.1, 0.15) is 0 Å². The molecule has 1 aliphatic heterocycles. The van der Waals surface area contributed by atoms with Gasteiger partial charge in [0.25, 0.3) is 0 Å². The van der Waals surface area contributed by atoms with E-state index in [4.69, 9.17) is 0 Å². The van der Waals surface area contributed by atoms with Crippen molar-refractivity contribution in [2.45, 2.75) is 12.3 Å². The van der Waals surface area contributed by atoms with Crippen LogP contribution in [0.15, 0.2) is 36.9 Å². The lowest BCUT2D eigenvalue weighted by Gasteiger charge is -2.17. The molecule has 0 bridgehead atoms. The van der Waals surface area contributed by atoms with Crippen molar-refractivity contribution in [1.29, 1.82) is 0 Å². The Morgan fingerprint density at radius 1 is 1.43 bits per heavy atom. The van der Waals surface area contributed by atoms with Crippen LogP contribution in [0.25, 0.3) is 0 Å². The molecule has 0 saturated heterocycles. The van der Waals surface area contributed by atoms with Crippen molar-refractivity contribution in [3.63, 3.8) is 0 Å². The largest absolute Gasteiger partial charge is 0.314 e. The van der Waals surface area contributed by atoms with Crippen molar-refractivity contribution in [2.75, 3.05) is 11.9 Å². The topological polar surface area (TPSA) is 20.3 Å². The van der Waals surface area contributed by atoms with E-state index in [-0.39, 0.29) is 5.91 Å². The number of likely N-dealkylation sites (N-methyl/N-ethyl adjacent to an activating group) is 1. The van der Waals surface area contributed by atoms with Gasteiger partial charge in [0.15, 0.2) is 0 Å². The maximum Gasteiger partial charge on any atom is 0.241 e. The van der Waals surface area contributed by atoms with Gasteiger partial charge < -0.3 is 4.90 Å². The van der Waals surface area contributed by atoms with Crippen LogP contribution in [0.4, 0.5) is 5.69 Å². The monoisotopic (exact) mass is 187 g/mol. The van der Waals surface area contributed by atoms with E-state index < -0.39 is 5.41 Å². The van der Waals surface area contributed by atoms with E-state index in [1.807, 2.05) is 31.2 Å². The number of fused-ring (bicyclic) bond motifs is 1. The SMILES string of the molecule is C=C[C@]1(C)C(=O)N(C)c2ccccc21. The van der Waals surface area contributed by atoms with Crippen LogP contribution in [0, 0.1) is 0 Å². The molecule has 0 saturated carbocycles. The lowest BCUT2D eigenvalue weighted by atomic mass is 9.84. The molecular weight excluding hydrogens is 174 g/mol. The van der Waals surface area contributed by atoms with E-state index in [9.17, 15) is 4.79 Å². The lowest BCUT2D eigenvalue weighted by molar-refractivity contribution is -0.120. The molecular formula is C12H13NO. The number of benzene rings is 1. The normalized spacial score (nSPS) is 25.0. The van der Waals surface area contributed by atoms with Crippen LogP contribution in [0.3, 0.4) is 0 Å². The fraction of sp³-hybridized carbons (Fsp3) is 0.250. The highest BCUT2D eigenvalue weighted by Gasteiger charge is 2.43. The molecule has 2 nitrogen and oxygen atoms in total. The molecule has 72 valence electrons. The number of hydrogen-bond acceptors (Lipinski definition) is 1. The third-order valence-corrected chi connectivity index (χ3v) is 2.98. The summed E-state index contributed by atoms with van der Waals surface area (Å²) in [5, 5.41) is 0. The molecule has 1 aliphatic rings. The molecule has 1 aromatic rings. The second kappa shape index (κ2) is 2.71. The number of nitrogens with zero attached hydrogens (tertiary/aromatic N) is 1. The fourth-order valence-electron chi connectivity index (χ4n) is 1.98. The minimum atomic E-state index is -0.550. The first kappa shape index (κ1) is 9.00. The molecule has 2 rings (SSSR count). The van der Waals surface area contributed by atoms with Crippen LogP contribution < -0.4 is 4.90 Å². The standard InChI is InChI=1S/C12H13NO/c1-4-12(2)9-7-5-6-8-10(9)13(3)11(12)14/h4-8H,1H2,2-3H3/t12-/m0/s1. The van der Waals surface area contributed by atoms with Crippen LogP contribution in [-0.4, -0.2) is 13.0 Å². The zero-order valence-corrected chi connectivity index (χ0v) is 8.45. The van der Waals surface area contributed by atoms with Crippen LogP contribution >= 0.6 is 0 Å². The number of para-hydroxylation sites is 1. The van der Waals surface area contributed by atoms with Gasteiger partial charge in [0.05, 0.1) is 5.41 Å². The summed E-state index contributed by atoms with van der Waals surface area (Å²) in [6.45, 7) is 5.66. The highest BCUT2D eigenvalue weighted by Crippen LogP contribution is 2.41. The van der Waals surface area contributed by atoms with Crippen LogP contribution in [0.1, 0.15) is 12.5 Å². The summed E-state index contributed by atoms with van der Waals surface area (Å²) in [4.78, 5) is 13.7. The summed E-state index contributed by atoms with van der Waals surface area (Å²) in [6, 6.07) is 7.84. The number of amides is 1. The molecule has 14 heavy (non-hydrogen) atoms. The van der Waals surface area contributed by atoms with Crippen molar-refractivity contribution < 1.29 is 4.79 Å². The number of rotatable bonds is 1. The first-order valence-electron chi connectivity index (χ1n) is 4.62. The Kier molecular flexibility index (Phi) is 1.74. The Morgan fingerprint density at radius 2 is 2.07 bits per heavy atom. The predicted molar refractivity (Wildman–Crippen MR) is 57.4 cm³/mol. The lowest BCUT2D eigenvalue weighted by Crippen LogP contribution is -2.34.